The normalized spacial score (nSPS) is 19.5. The number of hydrogen-bond acceptors (Lipinski definition) is 2. The standard InChI is InChI=1S/C18H19FN2O/c1-14-18(22)21(17-9-5-8-16(19)12-17)11-10-20(14)13-15-6-3-2-4-7-15/h2-9,12,14H,10-11,13H2,1H3/t14-/m0/s1. The first-order chi connectivity index (χ1) is 10.6. The van der Waals surface area contributed by atoms with Gasteiger partial charge in [-0.2, -0.15) is 0 Å². The van der Waals surface area contributed by atoms with E-state index in [1.807, 2.05) is 25.1 Å². The minimum Gasteiger partial charge on any atom is -0.310 e. The van der Waals surface area contributed by atoms with Crippen LogP contribution in [0.15, 0.2) is 54.6 Å². The summed E-state index contributed by atoms with van der Waals surface area (Å²) >= 11 is 0. The lowest BCUT2D eigenvalue weighted by Crippen LogP contribution is -2.55. The van der Waals surface area contributed by atoms with E-state index in [9.17, 15) is 9.18 Å². The van der Waals surface area contributed by atoms with Crippen LogP contribution in [-0.2, 0) is 11.3 Å². The van der Waals surface area contributed by atoms with E-state index in [4.69, 9.17) is 0 Å². The number of halogens is 1. The van der Waals surface area contributed by atoms with E-state index in [1.54, 1.807) is 17.0 Å². The molecule has 1 atom stereocenters. The first-order valence-electron chi connectivity index (χ1n) is 7.50. The van der Waals surface area contributed by atoms with Crippen molar-refractivity contribution < 1.29 is 9.18 Å². The summed E-state index contributed by atoms with van der Waals surface area (Å²) < 4.78 is 13.4. The van der Waals surface area contributed by atoms with Crippen molar-refractivity contribution in [3.8, 4) is 0 Å². The molecule has 2 aromatic rings. The fraction of sp³-hybridized carbons (Fsp3) is 0.278. The minimum atomic E-state index is -0.315. The molecule has 2 aromatic carbocycles. The molecule has 3 nitrogen and oxygen atoms in total. The second kappa shape index (κ2) is 6.28. The van der Waals surface area contributed by atoms with Gasteiger partial charge in [0.2, 0.25) is 5.91 Å². The van der Waals surface area contributed by atoms with Gasteiger partial charge >= 0.3 is 0 Å². The SMILES string of the molecule is C[C@H]1C(=O)N(c2cccc(F)c2)CCN1Cc1ccccc1. The average Bonchev–Trinajstić information content (AvgIpc) is 2.53. The number of amides is 1. The van der Waals surface area contributed by atoms with Gasteiger partial charge in [0.1, 0.15) is 5.82 Å². The fourth-order valence-corrected chi connectivity index (χ4v) is 2.85. The topological polar surface area (TPSA) is 23.6 Å². The number of benzene rings is 2. The molecular weight excluding hydrogens is 279 g/mol. The number of rotatable bonds is 3. The van der Waals surface area contributed by atoms with Gasteiger partial charge in [-0.15, -0.1) is 0 Å². The van der Waals surface area contributed by atoms with E-state index >= 15 is 0 Å². The van der Waals surface area contributed by atoms with Gasteiger partial charge in [-0.25, -0.2) is 4.39 Å². The zero-order valence-corrected chi connectivity index (χ0v) is 12.6. The van der Waals surface area contributed by atoms with Crippen molar-refractivity contribution in [3.05, 3.63) is 66.0 Å². The summed E-state index contributed by atoms with van der Waals surface area (Å²) in [4.78, 5) is 16.4. The van der Waals surface area contributed by atoms with Gasteiger partial charge in [0, 0.05) is 25.3 Å². The molecule has 1 saturated heterocycles. The maximum absolute atomic E-state index is 13.4. The Balaban J connectivity index is 1.73. The molecule has 3 rings (SSSR count). The van der Waals surface area contributed by atoms with E-state index in [0.717, 1.165) is 13.1 Å². The zero-order chi connectivity index (χ0) is 15.5. The van der Waals surface area contributed by atoms with E-state index in [1.165, 1.54) is 17.7 Å². The van der Waals surface area contributed by atoms with Crippen LogP contribution in [-0.4, -0.2) is 29.9 Å². The van der Waals surface area contributed by atoms with Crippen molar-refractivity contribution in [1.29, 1.82) is 0 Å². The molecule has 1 heterocycles. The molecular formula is C18H19FN2O. The van der Waals surface area contributed by atoms with E-state index in [-0.39, 0.29) is 17.8 Å². The van der Waals surface area contributed by atoms with Crippen LogP contribution in [0.1, 0.15) is 12.5 Å². The van der Waals surface area contributed by atoms with Crippen LogP contribution < -0.4 is 4.90 Å². The van der Waals surface area contributed by atoms with Gasteiger partial charge in [0.05, 0.1) is 6.04 Å². The lowest BCUT2D eigenvalue weighted by molar-refractivity contribution is -0.125. The second-order valence-corrected chi connectivity index (χ2v) is 5.60. The number of nitrogens with zero attached hydrogens (tertiary/aromatic N) is 2. The molecule has 0 saturated carbocycles. The highest BCUT2D eigenvalue weighted by Crippen LogP contribution is 2.22. The van der Waals surface area contributed by atoms with Gasteiger partial charge < -0.3 is 4.90 Å². The molecule has 4 heteroatoms. The maximum atomic E-state index is 13.4. The molecule has 0 aromatic heterocycles. The maximum Gasteiger partial charge on any atom is 0.244 e. The molecule has 0 spiro atoms. The minimum absolute atomic E-state index is 0.0211. The molecule has 0 unspecified atom stereocenters. The first-order valence-corrected chi connectivity index (χ1v) is 7.50. The Morgan fingerprint density at radius 1 is 1.09 bits per heavy atom. The molecule has 114 valence electrons. The lowest BCUT2D eigenvalue weighted by atomic mass is 10.1. The van der Waals surface area contributed by atoms with Crippen LogP contribution >= 0.6 is 0 Å². The summed E-state index contributed by atoms with van der Waals surface area (Å²) in [7, 11) is 0. The molecule has 0 radical (unpaired) electrons. The van der Waals surface area contributed by atoms with Gasteiger partial charge in [-0.3, -0.25) is 9.69 Å². The fourth-order valence-electron chi connectivity index (χ4n) is 2.85. The van der Waals surface area contributed by atoms with Crippen molar-refractivity contribution in [3.63, 3.8) is 0 Å². The number of piperazine rings is 1. The van der Waals surface area contributed by atoms with E-state index in [2.05, 4.69) is 17.0 Å². The number of anilines is 1. The highest BCUT2D eigenvalue weighted by molar-refractivity contribution is 5.97. The highest BCUT2D eigenvalue weighted by Gasteiger charge is 2.32. The largest absolute Gasteiger partial charge is 0.310 e. The van der Waals surface area contributed by atoms with Gasteiger partial charge in [0.15, 0.2) is 0 Å². The van der Waals surface area contributed by atoms with Crippen molar-refractivity contribution in [1.82, 2.24) is 4.90 Å². The van der Waals surface area contributed by atoms with E-state index < -0.39 is 0 Å². The molecule has 1 aliphatic heterocycles. The number of hydrogen-bond donors (Lipinski definition) is 0. The Morgan fingerprint density at radius 2 is 1.86 bits per heavy atom. The molecule has 22 heavy (non-hydrogen) atoms. The van der Waals surface area contributed by atoms with Crippen LogP contribution in [0.3, 0.4) is 0 Å². The summed E-state index contributed by atoms with van der Waals surface area (Å²) in [5.74, 6) is -0.294. The first kappa shape index (κ1) is 14.7. The average molecular weight is 298 g/mol. The van der Waals surface area contributed by atoms with Gasteiger partial charge in [-0.05, 0) is 30.7 Å². The monoisotopic (exact) mass is 298 g/mol. The van der Waals surface area contributed by atoms with Crippen LogP contribution in [0, 0.1) is 5.82 Å². The molecule has 0 aliphatic carbocycles. The zero-order valence-electron chi connectivity index (χ0n) is 12.6. The van der Waals surface area contributed by atoms with E-state index in [0.29, 0.717) is 12.2 Å². The summed E-state index contributed by atoms with van der Waals surface area (Å²) in [5, 5.41) is 0. The molecule has 0 N–H and O–H groups in total. The van der Waals surface area contributed by atoms with Crippen LogP contribution in [0.5, 0.6) is 0 Å². The number of carbonyl (C=O) groups is 1. The summed E-state index contributed by atoms with van der Waals surface area (Å²) in [6, 6.07) is 16.1. The third-order valence-electron chi connectivity index (χ3n) is 4.13. The van der Waals surface area contributed by atoms with Crippen LogP contribution in [0.2, 0.25) is 0 Å². The predicted molar refractivity (Wildman–Crippen MR) is 85.1 cm³/mol. The molecule has 1 amide bonds. The Bertz CT molecular complexity index is 659. The quantitative estimate of drug-likeness (QED) is 0.869. The molecule has 0 bridgehead atoms. The summed E-state index contributed by atoms with van der Waals surface area (Å²) in [5.41, 5.74) is 1.83. The summed E-state index contributed by atoms with van der Waals surface area (Å²) in [6.07, 6.45) is 0. The van der Waals surface area contributed by atoms with Crippen LogP contribution in [0.25, 0.3) is 0 Å². The smallest absolute Gasteiger partial charge is 0.244 e. The predicted octanol–water partition coefficient (Wildman–Crippen LogP) is 3.06. The van der Waals surface area contributed by atoms with Crippen molar-refractivity contribution in [2.45, 2.75) is 19.5 Å². The second-order valence-electron chi connectivity index (χ2n) is 5.60. The Morgan fingerprint density at radius 3 is 2.59 bits per heavy atom. The third-order valence-corrected chi connectivity index (χ3v) is 4.13. The van der Waals surface area contributed by atoms with Crippen LogP contribution in [0.4, 0.5) is 10.1 Å². The Kier molecular flexibility index (Phi) is 4.20. The number of carbonyl (C=O) groups excluding carboxylic acids is 1. The molecule has 1 fully saturated rings. The van der Waals surface area contributed by atoms with Crippen molar-refractivity contribution in [2.75, 3.05) is 18.0 Å². The van der Waals surface area contributed by atoms with Crippen molar-refractivity contribution >= 4 is 11.6 Å². The third kappa shape index (κ3) is 3.02. The van der Waals surface area contributed by atoms with Crippen molar-refractivity contribution in [2.24, 2.45) is 0 Å². The van der Waals surface area contributed by atoms with Gasteiger partial charge in [0.25, 0.3) is 0 Å². The Hall–Kier alpha value is -2.20. The molecule has 1 aliphatic rings. The highest BCUT2D eigenvalue weighted by atomic mass is 19.1. The Labute approximate surface area is 130 Å². The lowest BCUT2D eigenvalue weighted by Gasteiger charge is -2.39. The summed E-state index contributed by atoms with van der Waals surface area (Å²) in [6.45, 7) is 4.03. The van der Waals surface area contributed by atoms with Gasteiger partial charge in [-0.1, -0.05) is 36.4 Å².